The first-order chi connectivity index (χ1) is 14.7. The third kappa shape index (κ3) is 5.52. The summed E-state index contributed by atoms with van der Waals surface area (Å²) in [6.07, 6.45) is -0.445. The van der Waals surface area contributed by atoms with Crippen molar-refractivity contribution in [3.63, 3.8) is 0 Å². The lowest BCUT2D eigenvalue weighted by Crippen LogP contribution is -2.34. The Kier molecular flexibility index (Phi) is 9.47. The molecule has 0 saturated carbocycles. The van der Waals surface area contributed by atoms with Crippen LogP contribution in [0.4, 0.5) is 0 Å². The van der Waals surface area contributed by atoms with Gasteiger partial charge in [0.2, 0.25) is 7.37 Å². The van der Waals surface area contributed by atoms with E-state index in [4.69, 9.17) is 9.26 Å². The van der Waals surface area contributed by atoms with Crippen molar-refractivity contribution in [2.24, 2.45) is 0 Å². The molecule has 0 aliphatic carbocycles. The Morgan fingerprint density at radius 1 is 1.03 bits per heavy atom. The van der Waals surface area contributed by atoms with Crippen molar-refractivity contribution in [3.05, 3.63) is 23.8 Å². The van der Waals surface area contributed by atoms with Gasteiger partial charge in [-0.2, -0.15) is 0 Å². The zero-order valence-corrected chi connectivity index (χ0v) is 21.2. The van der Waals surface area contributed by atoms with Gasteiger partial charge in [0.15, 0.2) is 4.90 Å². The smallest absolute Gasteiger partial charge is 0.341 e. The highest BCUT2D eigenvalue weighted by atomic mass is 31.2. The van der Waals surface area contributed by atoms with Gasteiger partial charge in [-0.15, -0.1) is 0 Å². The van der Waals surface area contributed by atoms with Gasteiger partial charge in [0, 0.05) is 22.7 Å². The van der Waals surface area contributed by atoms with Gasteiger partial charge in [-0.3, -0.25) is 18.7 Å². The first-order valence-electron chi connectivity index (χ1n) is 10.5. The average molecular weight is 492 g/mol. The summed E-state index contributed by atoms with van der Waals surface area (Å²) in [7, 11) is -9.09. The van der Waals surface area contributed by atoms with Crippen LogP contribution in [0.25, 0.3) is 0 Å². The van der Waals surface area contributed by atoms with Gasteiger partial charge in [-0.1, -0.05) is 34.6 Å². The van der Waals surface area contributed by atoms with Crippen molar-refractivity contribution in [2.45, 2.75) is 77.5 Å². The number of hydrogen-bond acceptors (Lipinski definition) is 6. The predicted octanol–water partition coefficient (Wildman–Crippen LogP) is 4.39. The van der Waals surface area contributed by atoms with Crippen LogP contribution < -0.4 is 10.0 Å². The van der Waals surface area contributed by atoms with Crippen LogP contribution in [0.1, 0.15) is 72.8 Å². The molecule has 0 bridgehead atoms. The normalized spacial score (nSPS) is 14.6. The highest BCUT2D eigenvalue weighted by Gasteiger charge is 2.59. The summed E-state index contributed by atoms with van der Waals surface area (Å²) in [6, 6.07) is 4.14. The fourth-order valence-electron chi connectivity index (χ4n) is 3.85. The number of aliphatic carboxylic acids is 1. The predicted molar refractivity (Wildman–Crippen MR) is 122 cm³/mol. The number of benzene rings is 1. The number of esters is 1. The SMILES string of the molecule is CCOP(=O)(c1ccc(OC(=O)CC)c(C(C)(C)CC(=O)O)c1)C(CC)(CC)P(=O)(O)O. The van der Waals surface area contributed by atoms with E-state index in [9.17, 15) is 33.6 Å². The van der Waals surface area contributed by atoms with E-state index in [1.165, 1.54) is 18.2 Å². The van der Waals surface area contributed by atoms with E-state index < -0.39 is 37.2 Å². The van der Waals surface area contributed by atoms with E-state index in [1.54, 1.807) is 41.5 Å². The molecule has 32 heavy (non-hydrogen) atoms. The van der Waals surface area contributed by atoms with Crippen LogP contribution in [0.3, 0.4) is 0 Å². The number of carboxylic acid groups (broad SMARTS) is 1. The van der Waals surface area contributed by atoms with Crippen LogP contribution in [0, 0.1) is 0 Å². The summed E-state index contributed by atoms with van der Waals surface area (Å²) in [5.74, 6) is -1.53. The molecule has 1 aromatic carbocycles. The third-order valence-corrected chi connectivity index (χ3v) is 12.3. The molecule has 0 heterocycles. The maximum absolute atomic E-state index is 14.3. The average Bonchev–Trinajstić information content (AvgIpc) is 2.67. The van der Waals surface area contributed by atoms with Gasteiger partial charge in [0.1, 0.15) is 5.75 Å². The zero-order valence-electron chi connectivity index (χ0n) is 19.5. The Morgan fingerprint density at radius 2 is 1.59 bits per heavy atom. The molecule has 0 saturated heterocycles. The van der Waals surface area contributed by atoms with Gasteiger partial charge < -0.3 is 24.2 Å². The molecular weight excluding hydrogens is 458 g/mol. The monoisotopic (exact) mass is 492 g/mol. The van der Waals surface area contributed by atoms with Gasteiger partial charge in [-0.25, -0.2) is 0 Å². The second kappa shape index (κ2) is 10.6. The van der Waals surface area contributed by atoms with E-state index in [0.29, 0.717) is 0 Å². The van der Waals surface area contributed by atoms with E-state index in [0.717, 1.165) is 0 Å². The Balaban J connectivity index is 3.94. The lowest BCUT2D eigenvalue weighted by molar-refractivity contribution is -0.138. The number of carbonyl (C=O) groups is 2. The zero-order chi connectivity index (χ0) is 25.0. The number of rotatable bonds is 12. The van der Waals surface area contributed by atoms with E-state index in [2.05, 4.69) is 0 Å². The minimum Gasteiger partial charge on any atom is -0.481 e. The van der Waals surface area contributed by atoms with Gasteiger partial charge >= 0.3 is 19.5 Å². The number of ether oxygens (including phenoxy) is 1. The maximum atomic E-state index is 14.3. The molecule has 0 aliphatic rings. The van der Waals surface area contributed by atoms with Gasteiger partial charge in [-0.05, 0) is 38.0 Å². The fraction of sp³-hybridized carbons (Fsp3) is 0.619. The molecular formula is C21H34O9P2. The highest BCUT2D eigenvalue weighted by molar-refractivity contribution is 7.80. The number of carboxylic acids is 1. The molecule has 0 amide bonds. The summed E-state index contributed by atoms with van der Waals surface area (Å²) in [4.78, 5) is 41.9. The maximum Gasteiger partial charge on any atom is 0.341 e. The lowest BCUT2D eigenvalue weighted by Gasteiger charge is -2.39. The standard InChI is InChI=1S/C21H34O9P2/c1-7-19(24)30-17-12-11-15(13-16(17)20(5,6)14-18(22)23)31(25,29-10-4)21(8-2,9-3)32(26,27)28/h11-13H,7-10,14H2,1-6H3,(H,22,23)(H2,26,27,28). The van der Waals surface area contributed by atoms with Crippen molar-refractivity contribution < 1.29 is 42.9 Å². The molecule has 182 valence electrons. The molecule has 11 heteroatoms. The van der Waals surface area contributed by atoms with Crippen LogP contribution in [0.2, 0.25) is 0 Å². The van der Waals surface area contributed by atoms with E-state index >= 15 is 0 Å². The molecule has 0 spiro atoms. The Morgan fingerprint density at radius 3 is 2.00 bits per heavy atom. The Bertz CT molecular complexity index is 929. The number of carbonyl (C=O) groups excluding carboxylic acids is 1. The second-order valence-electron chi connectivity index (χ2n) is 8.17. The minimum atomic E-state index is -4.91. The Labute approximate surface area is 189 Å². The second-order valence-corrected chi connectivity index (χ2v) is 13.2. The van der Waals surface area contributed by atoms with E-state index in [1.807, 2.05) is 0 Å². The first kappa shape index (κ1) is 28.5. The topological polar surface area (TPSA) is 147 Å². The summed E-state index contributed by atoms with van der Waals surface area (Å²) in [5.41, 5.74) is -0.767. The van der Waals surface area contributed by atoms with Crippen LogP contribution in [-0.4, -0.2) is 38.3 Å². The first-order valence-corrected chi connectivity index (χ1v) is 13.8. The molecule has 1 rings (SSSR count). The summed E-state index contributed by atoms with van der Waals surface area (Å²) in [6.45, 7) is 9.48. The van der Waals surface area contributed by atoms with E-state index in [-0.39, 0.29) is 48.9 Å². The molecule has 1 unspecified atom stereocenters. The molecule has 3 N–H and O–H groups in total. The third-order valence-electron chi connectivity index (χ3n) is 5.67. The summed E-state index contributed by atoms with van der Waals surface area (Å²) < 4.78 is 37.9. The largest absolute Gasteiger partial charge is 0.481 e. The van der Waals surface area contributed by atoms with Crippen molar-refractivity contribution in [1.82, 2.24) is 0 Å². The van der Waals surface area contributed by atoms with Crippen molar-refractivity contribution >= 4 is 32.2 Å². The van der Waals surface area contributed by atoms with Crippen molar-refractivity contribution in [2.75, 3.05) is 6.61 Å². The molecule has 1 atom stereocenters. The number of hydrogen-bond donors (Lipinski definition) is 3. The highest BCUT2D eigenvalue weighted by Crippen LogP contribution is 2.75. The van der Waals surface area contributed by atoms with Gasteiger partial charge in [0.25, 0.3) is 0 Å². The van der Waals surface area contributed by atoms with Crippen LogP contribution >= 0.6 is 15.0 Å². The summed E-state index contributed by atoms with van der Waals surface area (Å²) >= 11 is 0. The molecule has 9 nitrogen and oxygen atoms in total. The molecule has 1 aromatic rings. The molecule has 0 fully saturated rings. The Hall–Kier alpha value is -1.50. The van der Waals surface area contributed by atoms with Crippen molar-refractivity contribution in [1.29, 1.82) is 0 Å². The van der Waals surface area contributed by atoms with Gasteiger partial charge in [0.05, 0.1) is 13.0 Å². The quantitative estimate of drug-likeness (QED) is 0.219. The molecule has 0 aliphatic heterocycles. The van der Waals surface area contributed by atoms with Crippen LogP contribution in [-0.2, 0) is 28.7 Å². The molecule has 0 radical (unpaired) electrons. The lowest BCUT2D eigenvalue weighted by atomic mass is 9.81. The van der Waals surface area contributed by atoms with Crippen LogP contribution in [0.15, 0.2) is 18.2 Å². The molecule has 0 aromatic heterocycles. The summed E-state index contributed by atoms with van der Waals surface area (Å²) in [5, 5.41) is 9.40. The van der Waals surface area contributed by atoms with Crippen molar-refractivity contribution in [3.8, 4) is 5.75 Å². The van der Waals surface area contributed by atoms with Crippen LogP contribution in [0.5, 0.6) is 5.75 Å². The fourth-order valence-corrected chi connectivity index (χ4v) is 9.21. The minimum absolute atomic E-state index is 0.0381.